The Kier molecular flexibility index (Phi) is 6.99. The van der Waals surface area contributed by atoms with Gasteiger partial charge in [0.05, 0.1) is 16.7 Å². The first kappa shape index (κ1) is 24.7. The molecule has 4 aromatic heterocycles. The molecule has 0 radical (unpaired) electrons. The normalized spacial score (nSPS) is 16.8. The van der Waals surface area contributed by atoms with Crippen molar-refractivity contribution in [3.63, 3.8) is 0 Å². The fourth-order valence-corrected chi connectivity index (χ4v) is 5.57. The summed E-state index contributed by atoms with van der Waals surface area (Å²) >= 11 is 0. The smallest absolute Gasteiger partial charge is 0.158 e. The van der Waals surface area contributed by atoms with Crippen molar-refractivity contribution >= 4 is 22.5 Å². The van der Waals surface area contributed by atoms with Crippen molar-refractivity contribution in [3.8, 4) is 11.3 Å². The molecule has 8 nitrogen and oxygen atoms in total. The molecule has 0 bridgehead atoms. The highest BCUT2D eigenvalue weighted by molar-refractivity contribution is 5.90. The fraction of sp³-hybridized carbons (Fsp3) is 0.536. The molecule has 0 saturated carbocycles. The molecule has 0 aliphatic carbocycles. The van der Waals surface area contributed by atoms with Crippen molar-refractivity contribution in [2.75, 3.05) is 18.5 Å². The lowest BCUT2D eigenvalue weighted by Gasteiger charge is -2.28. The number of H-pyrrole nitrogens is 1. The van der Waals surface area contributed by atoms with E-state index in [0.717, 1.165) is 71.8 Å². The van der Waals surface area contributed by atoms with Gasteiger partial charge in [0.1, 0.15) is 12.1 Å². The van der Waals surface area contributed by atoms with Gasteiger partial charge in [0.25, 0.3) is 0 Å². The highest BCUT2D eigenvalue weighted by Gasteiger charge is 2.22. The molecule has 192 valence electrons. The number of aryl methyl sites for hydroxylation is 1. The number of aromatic nitrogens is 5. The number of hydrogen-bond acceptors (Lipinski definition) is 6. The van der Waals surface area contributed by atoms with Gasteiger partial charge in [-0.2, -0.15) is 5.10 Å². The quantitative estimate of drug-likeness (QED) is 0.309. The molecule has 0 aromatic carbocycles. The maximum absolute atomic E-state index is 5.49. The summed E-state index contributed by atoms with van der Waals surface area (Å²) in [6.07, 6.45) is 6.92. The Morgan fingerprint density at radius 1 is 1.08 bits per heavy atom. The van der Waals surface area contributed by atoms with Gasteiger partial charge in [-0.25, -0.2) is 14.5 Å². The number of hydrogen-bond donors (Lipinski definition) is 3. The molecule has 1 fully saturated rings. The van der Waals surface area contributed by atoms with Crippen LogP contribution in [0, 0.1) is 13.8 Å². The van der Waals surface area contributed by atoms with Gasteiger partial charge in [-0.1, -0.05) is 13.8 Å². The predicted octanol–water partition coefficient (Wildman–Crippen LogP) is 5.36. The van der Waals surface area contributed by atoms with E-state index in [1.54, 1.807) is 6.33 Å². The molecule has 3 N–H and O–H groups in total. The predicted molar refractivity (Wildman–Crippen MR) is 146 cm³/mol. The first-order valence-corrected chi connectivity index (χ1v) is 13.2. The summed E-state index contributed by atoms with van der Waals surface area (Å²) < 4.78 is 7.36. The molecule has 1 aliphatic rings. The monoisotopic (exact) mass is 489 g/mol. The SMILES string of the molecule is Cc1c(-c2[nH]c3ccc(N[C@@H](C)C[C@H](C)NC4CCOCC4)nc3c2C(C)C)cn2ncnc2c1C. The van der Waals surface area contributed by atoms with Crippen molar-refractivity contribution in [3.05, 3.63) is 41.3 Å². The molecule has 0 spiro atoms. The van der Waals surface area contributed by atoms with Gasteiger partial charge in [0.15, 0.2) is 5.65 Å². The second-order valence-corrected chi connectivity index (χ2v) is 10.7. The van der Waals surface area contributed by atoms with Crippen molar-refractivity contribution in [2.45, 2.75) is 84.8 Å². The maximum atomic E-state index is 5.49. The summed E-state index contributed by atoms with van der Waals surface area (Å²) in [5.74, 6) is 1.23. The van der Waals surface area contributed by atoms with Gasteiger partial charge in [-0.3, -0.25) is 0 Å². The number of ether oxygens (including phenoxy) is 1. The van der Waals surface area contributed by atoms with E-state index in [0.29, 0.717) is 24.0 Å². The molecule has 0 unspecified atom stereocenters. The summed E-state index contributed by atoms with van der Waals surface area (Å²) in [4.78, 5) is 13.2. The summed E-state index contributed by atoms with van der Waals surface area (Å²) in [6.45, 7) is 15.0. The Morgan fingerprint density at radius 2 is 1.86 bits per heavy atom. The zero-order valence-electron chi connectivity index (χ0n) is 22.4. The van der Waals surface area contributed by atoms with E-state index in [1.807, 2.05) is 4.52 Å². The Balaban J connectivity index is 1.40. The minimum Gasteiger partial charge on any atom is -0.381 e. The van der Waals surface area contributed by atoms with Crippen LogP contribution in [0.15, 0.2) is 24.7 Å². The molecule has 2 atom stereocenters. The number of aromatic amines is 1. The first-order chi connectivity index (χ1) is 17.3. The van der Waals surface area contributed by atoms with E-state index in [2.05, 4.69) is 85.6 Å². The first-order valence-electron chi connectivity index (χ1n) is 13.2. The fourth-order valence-electron chi connectivity index (χ4n) is 5.57. The largest absolute Gasteiger partial charge is 0.381 e. The van der Waals surface area contributed by atoms with Gasteiger partial charge in [-0.15, -0.1) is 0 Å². The van der Waals surface area contributed by atoms with Crippen LogP contribution in [-0.4, -0.2) is 55.9 Å². The third kappa shape index (κ3) is 4.84. The van der Waals surface area contributed by atoms with Crippen LogP contribution >= 0.6 is 0 Å². The highest BCUT2D eigenvalue weighted by Crippen LogP contribution is 2.37. The van der Waals surface area contributed by atoms with Crippen LogP contribution in [0.2, 0.25) is 0 Å². The zero-order chi connectivity index (χ0) is 25.4. The number of nitrogens with one attached hydrogen (secondary N) is 3. The molecule has 36 heavy (non-hydrogen) atoms. The number of anilines is 1. The molecule has 1 saturated heterocycles. The van der Waals surface area contributed by atoms with Gasteiger partial charge >= 0.3 is 0 Å². The Labute approximate surface area is 213 Å². The van der Waals surface area contributed by atoms with E-state index in [9.17, 15) is 0 Å². The summed E-state index contributed by atoms with van der Waals surface area (Å²) in [5.41, 5.74) is 8.83. The van der Waals surface area contributed by atoms with E-state index in [-0.39, 0.29) is 0 Å². The molecular weight excluding hydrogens is 450 g/mol. The van der Waals surface area contributed by atoms with Crippen molar-refractivity contribution in [1.82, 2.24) is 29.9 Å². The number of nitrogens with zero attached hydrogens (tertiary/aromatic N) is 4. The van der Waals surface area contributed by atoms with Crippen LogP contribution in [-0.2, 0) is 4.74 Å². The van der Waals surface area contributed by atoms with Crippen LogP contribution in [0.25, 0.3) is 27.9 Å². The average Bonchev–Trinajstić information content (AvgIpc) is 3.46. The third-order valence-electron chi connectivity index (χ3n) is 7.50. The van der Waals surface area contributed by atoms with Crippen LogP contribution in [0.3, 0.4) is 0 Å². The van der Waals surface area contributed by atoms with E-state index in [1.165, 1.54) is 11.1 Å². The van der Waals surface area contributed by atoms with E-state index >= 15 is 0 Å². The van der Waals surface area contributed by atoms with Gasteiger partial charge in [0.2, 0.25) is 0 Å². The highest BCUT2D eigenvalue weighted by atomic mass is 16.5. The maximum Gasteiger partial charge on any atom is 0.158 e. The van der Waals surface area contributed by atoms with Gasteiger partial charge in [-0.05, 0) is 76.1 Å². The van der Waals surface area contributed by atoms with Crippen molar-refractivity contribution < 1.29 is 4.74 Å². The van der Waals surface area contributed by atoms with Gasteiger partial charge < -0.3 is 20.4 Å². The number of fused-ring (bicyclic) bond motifs is 2. The Morgan fingerprint density at radius 3 is 2.61 bits per heavy atom. The summed E-state index contributed by atoms with van der Waals surface area (Å²) in [5, 5.41) is 11.8. The lowest BCUT2D eigenvalue weighted by Crippen LogP contribution is -2.42. The topological polar surface area (TPSA) is 92.2 Å². The second-order valence-electron chi connectivity index (χ2n) is 10.7. The van der Waals surface area contributed by atoms with E-state index in [4.69, 9.17) is 9.72 Å². The van der Waals surface area contributed by atoms with E-state index < -0.39 is 0 Å². The standard InChI is InChI=1S/C28H39N7O/c1-16(2)25-26(22-14-35-28(29-15-30-35)20(6)19(22)5)33-23-7-8-24(34-27(23)25)32-18(4)13-17(3)31-21-9-11-36-12-10-21/h7-8,14-18,21,31,33H,9-13H2,1-6H3,(H,32,34)/t17-,18-/m0/s1. The third-order valence-corrected chi connectivity index (χ3v) is 7.50. The molecule has 4 aromatic rings. The molecule has 5 rings (SSSR count). The van der Waals surface area contributed by atoms with Crippen LogP contribution in [0.5, 0.6) is 0 Å². The summed E-state index contributed by atoms with van der Waals surface area (Å²) in [7, 11) is 0. The van der Waals surface area contributed by atoms with Crippen molar-refractivity contribution in [1.29, 1.82) is 0 Å². The van der Waals surface area contributed by atoms with Crippen molar-refractivity contribution in [2.24, 2.45) is 0 Å². The molecular formula is C28H39N7O. The molecule has 0 amide bonds. The van der Waals surface area contributed by atoms with Gasteiger partial charge in [0, 0.05) is 48.7 Å². The molecule has 8 heteroatoms. The zero-order valence-corrected chi connectivity index (χ0v) is 22.4. The average molecular weight is 490 g/mol. The van der Waals surface area contributed by atoms with Crippen LogP contribution in [0.4, 0.5) is 5.82 Å². The number of pyridine rings is 2. The second kappa shape index (κ2) is 10.2. The minimum atomic E-state index is 0.304. The molecule has 5 heterocycles. The lowest BCUT2D eigenvalue weighted by atomic mass is 9.95. The Bertz CT molecular complexity index is 1350. The van der Waals surface area contributed by atoms with Crippen LogP contribution < -0.4 is 10.6 Å². The minimum absolute atomic E-state index is 0.304. The molecule has 1 aliphatic heterocycles. The summed E-state index contributed by atoms with van der Waals surface area (Å²) in [6, 6.07) is 5.52. The number of rotatable bonds is 8. The Hall–Kier alpha value is -2.97. The lowest BCUT2D eigenvalue weighted by molar-refractivity contribution is 0.0750. The van der Waals surface area contributed by atoms with Crippen LogP contribution in [0.1, 0.15) is 69.6 Å².